The molecule has 2 rings (SSSR count). The number of hydrogen-bond acceptors (Lipinski definition) is 4. The van der Waals surface area contributed by atoms with Crippen LogP contribution in [-0.2, 0) is 14.6 Å². The number of hydrogen-bond donors (Lipinski definition) is 2. The lowest BCUT2D eigenvalue weighted by molar-refractivity contribution is -0.113. The van der Waals surface area contributed by atoms with Crippen LogP contribution in [0.4, 0.5) is 5.69 Å². The highest BCUT2D eigenvalue weighted by Crippen LogP contribution is 2.21. The Morgan fingerprint density at radius 3 is 2.45 bits per heavy atom. The second-order valence-electron chi connectivity index (χ2n) is 5.70. The number of anilines is 1. The molecule has 0 atom stereocenters. The van der Waals surface area contributed by atoms with Crippen LogP contribution in [0.2, 0.25) is 0 Å². The monoisotopic (exact) mass is 324 g/mol. The Balaban J connectivity index is 2.09. The number of carbonyl (C=O) groups excluding carboxylic acids is 2. The summed E-state index contributed by atoms with van der Waals surface area (Å²) in [7, 11) is -3.47. The fourth-order valence-electron chi connectivity index (χ4n) is 1.82. The number of sulfone groups is 1. The van der Waals surface area contributed by atoms with Gasteiger partial charge in [0.1, 0.15) is 5.75 Å². The third kappa shape index (κ3) is 4.30. The van der Waals surface area contributed by atoms with E-state index in [2.05, 4.69) is 10.6 Å². The third-order valence-corrected chi connectivity index (χ3v) is 5.51. The van der Waals surface area contributed by atoms with E-state index in [1.165, 1.54) is 13.8 Å². The number of amides is 2. The molecule has 0 aromatic heterocycles. The zero-order valence-electron chi connectivity index (χ0n) is 12.6. The molecule has 1 aromatic carbocycles. The van der Waals surface area contributed by atoms with Gasteiger partial charge in [0.15, 0.2) is 9.84 Å². The average molecular weight is 324 g/mol. The molecule has 0 unspecified atom stereocenters. The van der Waals surface area contributed by atoms with E-state index in [4.69, 9.17) is 0 Å². The van der Waals surface area contributed by atoms with Crippen LogP contribution >= 0.6 is 0 Å². The van der Waals surface area contributed by atoms with Gasteiger partial charge in [0.05, 0.1) is 16.5 Å². The van der Waals surface area contributed by atoms with E-state index < -0.39 is 26.7 Å². The van der Waals surface area contributed by atoms with Crippen LogP contribution in [0, 0.1) is 0 Å². The first-order chi connectivity index (χ1) is 10.3. The molecule has 0 saturated heterocycles. The highest BCUT2D eigenvalue weighted by Gasteiger charge is 2.26. The van der Waals surface area contributed by atoms with Crippen molar-refractivity contribution in [2.45, 2.75) is 38.0 Å². The van der Waals surface area contributed by atoms with Crippen molar-refractivity contribution in [2.24, 2.45) is 0 Å². The van der Waals surface area contributed by atoms with Gasteiger partial charge in [0.2, 0.25) is 5.91 Å². The highest BCUT2D eigenvalue weighted by atomic mass is 32.2. The molecule has 1 saturated carbocycles. The SMILES string of the molecule is CC(C)S(=O)(=O)CC(=O)Nc1ccccc1C(=O)NC1CC1. The van der Waals surface area contributed by atoms with E-state index in [0.717, 1.165) is 12.8 Å². The van der Waals surface area contributed by atoms with Crippen LogP contribution in [0.3, 0.4) is 0 Å². The smallest absolute Gasteiger partial charge is 0.253 e. The first-order valence-corrected chi connectivity index (χ1v) is 8.92. The minimum atomic E-state index is -3.47. The van der Waals surface area contributed by atoms with E-state index in [1.807, 2.05) is 0 Å². The van der Waals surface area contributed by atoms with E-state index in [1.54, 1.807) is 24.3 Å². The quantitative estimate of drug-likeness (QED) is 0.826. The third-order valence-electron chi connectivity index (χ3n) is 3.41. The normalized spacial score (nSPS) is 14.7. The Kier molecular flexibility index (Phi) is 4.85. The number of carbonyl (C=O) groups is 2. The topological polar surface area (TPSA) is 92.3 Å². The fourth-order valence-corrected chi connectivity index (χ4v) is 2.59. The summed E-state index contributed by atoms with van der Waals surface area (Å²) in [5.74, 6) is -1.49. The van der Waals surface area contributed by atoms with Gasteiger partial charge in [-0.05, 0) is 38.8 Å². The minimum absolute atomic E-state index is 0.206. The van der Waals surface area contributed by atoms with Crippen LogP contribution in [0.1, 0.15) is 37.0 Å². The van der Waals surface area contributed by atoms with Gasteiger partial charge < -0.3 is 10.6 Å². The summed E-state index contributed by atoms with van der Waals surface area (Å²) in [6.07, 6.45) is 1.93. The summed E-state index contributed by atoms with van der Waals surface area (Å²) in [6, 6.07) is 6.77. The molecular weight excluding hydrogens is 304 g/mol. The van der Waals surface area contributed by atoms with Gasteiger partial charge in [0, 0.05) is 6.04 Å². The van der Waals surface area contributed by atoms with Gasteiger partial charge in [-0.25, -0.2) is 8.42 Å². The van der Waals surface area contributed by atoms with Crippen molar-refractivity contribution in [3.8, 4) is 0 Å². The zero-order chi connectivity index (χ0) is 16.3. The molecule has 0 bridgehead atoms. The predicted molar refractivity (Wildman–Crippen MR) is 84.5 cm³/mol. The Labute approximate surface area is 130 Å². The Hall–Kier alpha value is -1.89. The van der Waals surface area contributed by atoms with Crippen LogP contribution in [-0.4, -0.2) is 37.3 Å². The number of para-hydroxylation sites is 1. The van der Waals surface area contributed by atoms with Crippen molar-refractivity contribution in [1.29, 1.82) is 0 Å². The maximum absolute atomic E-state index is 12.1. The summed E-state index contributed by atoms with van der Waals surface area (Å²) in [6.45, 7) is 3.05. The Morgan fingerprint density at radius 1 is 1.23 bits per heavy atom. The molecule has 0 spiro atoms. The second-order valence-corrected chi connectivity index (χ2v) is 8.25. The number of rotatable bonds is 6. The lowest BCUT2D eigenvalue weighted by Crippen LogP contribution is -2.30. The maximum Gasteiger partial charge on any atom is 0.253 e. The summed E-state index contributed by atoms with van der Waals surface area (Å²) in [5, 5.41) is 4.74. The van der Waals surface area contributed by atoms with Crippen molar-refractivity contribution < 1.29 is 18.0 Å². The summed E-state index contributed by atoms with van der Waals surface area (Å²) >= 11 is 0. The van der Waals surface area contributed by atoms with Gasteiger partial charge in [-0.1, -0.05) is 12.1 Å². The van der Waals surface area contributed by atoms with Gasteiger partial charge >= 0.3 is 0 Å². The van der Waals surface area contributed by atoms with Crippen molar-refractivity contribution in [2.75, 3.05) is 11.1 Å². The van der Waals surface area contributed by atoms with Crippen LogP contribution in [0.15, 0.2) is 24.3 Å². The summed E-state index contributed by atoms with van der Waals surface area (Å²) in [5.41, 5.74) is 0.661. The van der Waals surface area contributed by atoms with E-state index in [0.29, 0.717) is 11.3 Å². The summed E-state index contributed by atoms with van der Waals surface area (Å²) < 4.78 is 23.5. The molecule has 7 heteroatoms. The van der Waals surface area contributed by atoms with Gasteiger partial charge in [-0.2, -0.15) is 0 Å². The van der Waals surface area contributed by atoms with Crippen molar-refractivity contribution in [3.05, 3.63) is 29.8 Å². The lowest BCUT2D eigenvalue weighted by atomic mass is 10.1. The van der Waals surface area contributed by atoms with Crippen molar-refractivity contribution >= 4 is 27.3 Å². The van der Waals surface area contributed by atoms with E-state index in [9.17, 15) is 18.0 Å². The first-order valence-electron chi connectivity index (χ1n) is 7.21. The van der Waals surface area contributed by atoms with Crippen LogP contribution in [0.25, 0.3) is 0 Å². The molecule has 0 aliphatic heterocycles. The van der Waals surface area contributed by atoms with Gasteiger partial charge in [-0.15, -0.1) is 0 Å². The molecule has 1 aliphatic rings. The fraction of sp³-hybridized carbons (Fsp3) is 0.467. The molecule has 0 radical (unpaired) electrons. The van der Waals surface area contributed by atoms with Crippen molar-refractivity contribution in [3.63, 3.8) is 0 Å². The van der Waals surface area contributed by atoms with E-state index >= 15 is 0 Å². The first kappa shape index (κ1) is 16.5. The van der Waals surface area contributed by atoms with Crippen molar-refractivity contribution in [1.82, 2.24) is 5.32 Å². The molecule has 22 heavy (non-hydrogen) atoms. The van der Waals surface area contributed by atoms with Gasteiger partial charge in [0.25, 0.3) is 5.91 Å². The molecule has 1 fully saturated rings. The number of nitrogens with one attached hydrogen (secondary N) is 2. The molecule has 120 valence electrons. The largest absolute Gasteiger partial charge is 0.349 e. The molecule has 0 heterocycles. The Bertz CT molecular complexity index is 679. The standard InChI is InChI=1S/C15H20N2O4S/c1-10(2)22(20,21)9-14(18)17-13-6-4-3-5-12(13)15(19)16-11-7-8-11/h3-6,10-11H,7-9H2,1-2H3,(H,16,19)(H,17,18). The Morgan fingerprint density at radius 2 is 1.86 bits per heavy atom. The van der Waals surface area contributed by atoms with Crippen LogP contribution in [0.5, 0.6) is 0 Å². The molecule has 2 N–H and O–H groups in total. The van der Waals surface area contributed by atoms with Crippen LogP contribution < -0.4 is 10.6 Å². The average Bonchev–Trinajstić information content (AvgIpc) is 3.22. The van der Waals surface area contributed by atoms with Gasteiger partial charge in [-0.3, -0.25) is 9.59 Å². The highest BCUT2D eigenvalue weighted by molar-refractivity contribution is 7.92. The second kappa shape index (κ2) is 6.48. The molecule has 1 aromatic rings. The molecule has 1 aliphatic carbocycles. The lowest BCUT2D eigenvalue weighted by Gasteiger charge is -2.12. The molecule has 2 amide bonds. The molecule has 6 nitrogen and oxygen atoms in total. The summed E-state index contributed by atoms with van der Waals surface area (Å²) in [4.78, 5) is 24.0. The minimum Gasteiger partial charge on any atom is -0.349 e. The maximum atomic E-state index is 12.1. The number of benzene rings is 1. The zero-order valence-corrected chi connectivity index (χ0v) is 13.4. The van der Waals surface area contributed by atoms with E-state index in [-0.39, 0.29) is 11.9 Å². The predicted octanol–water partition coefficient (Wildman–Crippen LogP) is 1.34. The molecular formula is C15H20N2O4S.